The van der Waals surface area contributed by atoms with Crippen LogP contribution in [0.4, 0.5) is 5.69 Å². The summed E-state index contributed by atoms with van der Waals surface area (Å²) in [6.07, 6.45) is 0. The van der Waals surface area contributed by atoms with E-state index in [0.29, 0.717) is 5.56 Å². The number of amides is 1. The Morgan fingerprint density at radius 2 is 1.67 bits per heavy atom. The van der Waals surface area contributed by atoms with Crippen LogP contribution in [0, 0.1) is 6.92 Å². The highest BCUT2D eigenvalue weighted by Gasteiger charge is 2.06. The van der Waals surface area contributed by atoms with E-state index in [2.05, 4.69) is 29.6 Å². The minimum atomic E-state index is -0.0786. The molecule has 0 aliphatic heterocycles. The predicted molar refractivity (Wildman–Crippen MR) is 102 cm³/mol. The van der Waals surface area contributed by atoms with Gasteiger partial charge in [-0.15, -0.1) is 11.8 Å². The topological polar surface area (TPSA) is 29.1 Å². The summed E-state index contributed by atoms with van der Waals surface area (Å²) < 4.78 is 0. The third-order valence-electron chi connectivity index (χ3n) is 3.64. The Labute approximate surface area is 146 Å². The highest BCUT2D eigenvalue weighted by molar-refractivity contribution is 7.98. The van der Waals surface area contributed by atoms with E-state index in [1.807, 2.05) is 61.5 Å². The summed E-state index contributed by atoms with van der Waals surface area (Å²) in [4.78, 5) is 13.5. The molecule has 3 rings (SSSR count). The largest absolute Gasteiger partial charge is 0.322 e. The molecule has 1 amide bonds. The summed E-state index contributed by atoms with van der Waals surface area (Å²) in [6, 6.07) is 26.0. The zero-order chi connectivity index (χ0) is 16.8. The molecule has 0 saturated heterocycles. The third kappa shape index (κ3) is 4.49. The first kappa shape index (κ1) is 16.3. The van der Waals surface area contributed by atoms with Gasteiger partial charge in [-0.05, 0) is 48.9 Å². The van der Waals surface area contributed by atoms with Gasteiger partial charge in [0, 0.05) is 21.9 Å². The second kappa shape index (κ2) is 7.84. The van der Waals surface area contributed by atoms with E-state index in [-0.39, 0.29) is 5.91 Å². The van der Waals surface area contributed by atoms with Crippen molar-refractivity contribution in [3.63, 3.8) is 0 Å². The van der Waals surface area contributed by atoms with Gasteiger partial charge >= 0.3 is 0 Å². The van der Waals surface area contributed by atoms with Crippen LogP contribution in [0.2, 0.25) is 0 Å². The van der Waals surface area contributed by atoms with Crippen LogP contribution in [-0.2, 0) is 5.75 Å². The van der Waals surface area contributed by atoms with Crippen molar-refractivity contribution in [2.75, 3.05) is 5.32 Å². The lowest BCUT2D eigenvalue weighted by Gasteiger charge is -2.07. The lowest BCUT2D eigenvalue weighted by molar-refractivity contribution is 0.102. The molecule has 0 aliphatic carbocycles. The Morgan fingerprint density at radius 3 is 2.38 bits per heavy atom. The number of thioether (sulfide) groups is 1. The van der Waals surface area contributed by atoms with E-state index in [0.717, 1.165) is 17.0 Å². The highest BCUT2D eigenvalue weighted by Crippen LogP contribution is 2.23. The summed E-state index contributed by atoms with van der Waals surface area (Å²) >= 11 is 1.80. The first-order valence-electron chi connectivity index (χ1n) is 7.85. The second-order valence-corrected chi connectivity index (χ2v) is 6.67. The molecule has 0 radical (unpaired) electrons. The highest BCUT2D eigenvalue weighted by atomic mass is 32.2. The van der Waals surface area contributed by atoms with Crippen molar-refractivity contribution < 1.29 is 4.79 Å². The molecular weight excluding hydrogens is 314 g/mol. The lowest BCUT2D eigenvalue weighted by atomic mass is 10.1. The summed E-state index contributed by atoms with van der Waals surface area (Å²) in [5.74, 6) is 0.834. The fourth-order valence-electron chi connectivity index (χ4n) is 2.36. The molecular formula is C21H19NOS. The number of hydrogen-bond donors (Lipinski definition) is 1. The molecule has 0 spiro atoms. The number of anilines is 1. The molecule has 3 aromatic rings. The van der Waals surface area contributed by atoms with Crippen LogP contribution in [0.3, 0.4) is 0 Å². The van der Waals surface area contributed by atoms with Gasteiger partial charge in [0.15, 0.2) is 0 Å². The summed E-state index contributed by atoms with van der Waals surface area (Å²) in [7, 11) is 0. The van der Waals surface area contributed by atoms with Gasteiger partial charge in [0.1, 0.15) is 0 Å². The van der Waals surface area contributed by atoms with Crippen molar-refractivity contribution in [2.45, 2.75) is 17.6 Å². The monoisotopic (exact) mass is 333 g/mol. The molecule has 3 heteroatoms. The van der Waals surface area contributed by atoms with E-state index in [1.54, 1.807) is 11.8 Å². The van der Waals surface area contributed by atoms with E-state index in [1.165, 1.54) is 10.5 Å². The Bertz CT molecular complexity index is 813. The standard InChI is InChI=1S/C21H19NOS/c1-16-6-5-7-18(14-16)21(23)22-19-12-10-17(11-13-19)15-24-20-8-3-2-4-9-20/h2-14H,15H2,1H3,(H,22,23). The number of hydrogen-bond acceptors (Lipinski definition) is 2. The van der Waals surface area contributed by atoms with Gasteiger partial charge in [0.25, 0.3) is 5.91 Å². The minimum absolute atomic E-state index is 0.0786. The predicted octanol–water partition coefficient (Wildman–Crippen LogP) is 5.54. The maximum absolute atomic E-state index is 12.2. The molecule has 0 unspecified atom stereocenters. The molecule has 0 heterocycles. The van der Waals surface area contributed by atoms with Crippen molar-refractivity contribution in [1.82, 2.24) is 0 Å². The molecule has 24 heavy (non-hydrogen) atoms. The van der Waals surface area contributed by atoms with Crippen molar-refractivity contribution in [1.29, 1.82) is 0 Å². The number of benzene rings is 3. The van der Waals surface area contributed by atoms with Crippen LogP contribution in [0.1, 0.15) is 21.5 Å². The molecule has 2 nitrogen and oxygen atoms in total. The maximum atomic E-state index is 12.2. The van der Waals surface area contributed by atoms with Gasteiger partial charge in [-0.25, -0.2) is 0 Å². The molecule has 0 aromatic heterocycles. The molecule has 0 aliphatic rings. The van der Waals surface area contributed by atoms with E-state index in [4.69, 9.17) is 0 Å². The van der Waals surface area contributed by atoms with Crippen LogP contribution in [0.25, 0.3) is 0 Å². The Balaban J connectivity index is 1.59. The number of aryl methyl sites for hydroxylation is 1. The Morgan fingerprint density at radius 1 is 0.917 bits per heavy atom. The smallest absolute Gasteiger partial charge is 0.255 e. The van der Waals surface area contributed by atoms with Gasteiger partial charge < -0.3 is 5.32 Å². The first-order valence-corrected chi connectivity index (χ1v) is 8.84. The molecule has 120 valence electrons. The third-order valence-corrected chi connectivity index (χ3v) is 4.72. The second-order valence-electron chi connectivity index (χ2n) is 5.62. The van der Waals surface area contributed by atoms with Crippen LogP contribution in [0.15, 0.2) is 83.8 Å². The Hall–Kier alpha value is -2.52. The fourth-order valence-corrected chi connectivity index (χ4v) is 3.23. The number of carbonyl (C=O) groups is 1. The summed E-state index contributed by atoms with van der Waals surface area (Å²) in [5, 5.41) is 2.94. The van der Waals surface area contributed by atoms with Crippen LogP contribution >= 0.6 is 11.8 Å². The normalized spacial score (nSPS) is 10.4. The van der Waals surface area contributed by atoms with Gasteiger partial charge in [-0.3, -0.25) is 4.79 Å². The first-order chi connectivity index (χ1) is 11.7. The van der Waals surface area contributed by atoms with Gasteiger partial charge in [0.2, 0.25) is 0 Å². The van der Waals surface area contributed by atoms with Gasteiger partial charge in [-0.1, -0.05) is 48.0 Å². The van der Waals surface area contributed by atoms with E-state index >= 15 is 0 Å². The number of nitrogens with one attached hydrogen (secondary N) is 1. The van der Waals surface area contributed by atoms with Crippen molar-refractivity contribution in [2.24, 2.45) is 0 Å². The molecule has 1 N–H and O–H groups in total. The van der Waals surface area contributed by atoms with Crippen LogP contribution in [-0.4, -0.2) is 5.91 Å². The van der Waals surface area contributed by atoms with Crippen LogP contribution in [0.5, 0.6) is 0 Å². The average molecular weight is 333 g/mol. The maximum Gasteiger partial charge on any atom is 0.255 e. The number of rotatable bonds is 5. The van der Waals surface area contributed by atoms with E-state index in [9.17, 15) is 4.79 Å². The molecule has 0 bridgehead atoms. The number of carbonyl (C=O) groups excluding carboxylic acids is 1. The zero-order valence-corrected chi connectivity index (χ0v) is 14.3. The summed E-state index contributed by atoms with van der Waals surface area (Å²) in [5.41, 5.74) is 3.81. The lowest BCUT2D eigenvalue weighted by Crippen LogP contribution is -2.11. The van der Waals surface area contributed by atoms with Gasteiger partial charge in [-0.2, -0.15) is 0 Å². The van der Waals surface area contributed by atoms with Crippen molar-refractivity contribution in [3.8, 4) is 0 Å². The average Bonchev–Trinajstić information content (AvgIpc) is 2.62. The SMILES string of the molecule is Cc1cccc(C(=O)Nc2ccc(CSc3ccccc3)cc2)c1. The quantitative estimate of drug-likeness (QED) is 0.621. The van der Waals surface area contributed by atoms with Crippen LogP contribution < -0.4 is 5.32 Å². The molecule has 0 atom stereocenters. The molecule has 3 aromatic carbocycles. The van der Waals surface area contributed by atoms with Crippen molar-refractivity contribution in [3.05, 3.63) is 95.6 Å². The van der Waals surface area contributed by atoms with Crippen molar-refractivity contribution >= 4 is 23.4 Å². The molecule has 0 fully saturated rings. The molecule has 0 saturated carbocycles. The Kier molecular flexibility index (Phi) is 5.34. The minimum Gasteiger partial charge on any atom is -0.322 e. The fraction of sp³-hybridized carbons (Fsp3) is 0.0952. The summed E-state index contributed by atoms with van der Waals surface area (Å²) in [6.45, 7) is 1.98. The van der Waals surface area contributed by atoms with E-state index < -0.39 is 0 Å². The zero-order valence-electron chi connectivity index (χ0n) is 13.5. The van der Waals surface area contributed by atoms with Gasteiger partial charge in [0.05, 0.1) is 0 Å².